The topological polar surface area (TPSA) is 48.3 Å². The number of sulfone groups is 1. The molecular formula is C18H19NO3S. The molecule has 1 heterocycles. The van der Waals surface area contributed by atoms with Crippen LogP contribution in [0, 0.1) is 0 Å². The van der Waals surface area contributed by atoms with E-state index in [0.717, 1.165) is 11.2 Å². The molecule has 0 aliphatic carbocycles. The van der Waals surface area contributed by atoms with Crippen molar-refractivity contribution in [3.63, 3.8) is 0 Å². The van der Waals surface area contributed by atoms with Crippen molar-refractivity contribution < 1.29 is 13.2 Å². The standard InChI is InChI=1S/C18H19NO3S/c1-13(18-12-14-6-4-5-7-17(14)19(18)2)22-15-8-10-16(11-9-15)23(3,20)21/h4-13H,1-3H3. The Labute approximate surface area is 136 Å². The van der Waals surface area contributed by atoms with E-state index in [1.165, 1.54) is 11.6 Å². The molecule has 0 spiro atoms. The van der Waals surface area contributed by atoms with Crippen LogP contribution in [0.5, 0.6) is 5.75 Å². The lowest BCUT2D eigenvalue weighted by Gasteiger charge is -2.16. The summed E-state index contributed by atoms with van der Waals surface area (Å²) in [6.45, 7) is 1.98. The summed E-state index contributed by atoms with van der Waals surface area (Å²) in [5.41, 5.74) is 2.23. The third-order valence-corrected chi connectivity index (χ3v) is 5.10. The highest BCUT2D eigenvalue weighted by Gasteiger charge is 2.14. The summed E-state index contributed by atoms with van der Waals surface area (Å²) in [6.07, 6.45) is 1.05. The maximum atomic E-state index is 11.5. The van der Waals surface area contributed by atoms with Gasteiger partial charge in [-0.05, 0) is 48.7 Å². The second kappa shape index (κ2) is 5.74. The number of aromatic nitrogens is 1. The highest BCUT2D eigenvalue weighted by Crippen LogP contribution is 2.27. The Balaban J connectivity index is 1.86. The maximum absolute atomic E-state index is 11.5. The second-order valence-corrected chi connectivity index (χ2v) is 7.71. The van der Waals surface area contributed by atoms with E-state index in [1.54, 1.807) is 24.3 Å². The number of ether oxygens (including phenoxy) is 1. The molecule has 5 heteroatoms. The minimum atomic E-state index is -3.18. The van der Waals surface area contributed by atoms with Gasteiger partial charge in [0.05, 0.1) is 10.6 Å². The number of aryl methyl sites for hydroxylation is 1. The highest BCUT2D eigenvalue weighted by atomic mass is 32.2. The predicted octanol–water partition coefficient (Wildman–Crippen LogP) is 3.72. The average molecular weight is 329 g/mol. The van der Waals surface area contributed by atoms with E-state index in [1.807, 2.05) is 26.1 Å². The molecule has 0 saturated heterocycles. The van der Waals surface area contributed by atoms with Gasteiger partial charge >= 0.3 is 0 Å². The molecule has 0 saturated carbocycles. The summed E-state index contributed by atoms with van der Waals surface area (Å²) in [7, 11) is -1.17. The Morgan fingerprint density at radius 2 is 1.70 bits per heavy atom. The quantitative estimate of drug-likeness (QED) is 0.733. The van der Waals surface area contributed by atoms with Crippen molar-refractivity contribution in [2.45, 2.75) is 17.9 Å². The molecule has 0 N–H and O–H groups in total. The number of benzene rings is 2. The number of fused-ring (bicyclic) bond motifs is 1. The minimum absolute atomic E-state index is 0.142. The van der Waals surface area contributed by atoms with E-state index < -0.39 is 9.84 Å². The van der Waals surface area contributed by atoms with Crippen LogP contribution in [0.25, 0.3) is 10.9 Å². The molecule has 1 atom stereocenters. The van der Waals surface area contributed by atoms with Crippen molar-refractivity contribution in [1.29, 1.82) is 0 Å². The van der Waals surface area contributed by atoms with Gasteiger partial charge in [-0.25, -0.2) is 8.42 Å². The Bertz CT molecular complexity index is 940. The first-order valence-corrected chi connectivity index (χ1v) is 9.26. The van der Waals surface area contributed by atoms with Gasteiger partial charge in [-0.15, -0.1) is 0 Å². The highest BCUT2D eigenvalue weighted by molar-refractivity contribution is 7.90. The number of para-hydroxylation sites is 1. The first-order chi connectivity index (χ1) is 10.9. The smallest absolute Gasteiger partial charge is 0.175 e. The SMILES string of the molecule is CC(Oc1ccc(S(C)(=O)=O)cc1)c1cc2ccccc2n1C. The molecule has 0 aliphatic heterocycles. The van der Waals surface area contributed by atoms with Crippen molar-refractivity contribution >= 4 is 20.7 Å². The van der Waals surface area contributed by atoms with Crippen LogP contribution in [-0.4, -0.2) is 19.2 Å². The summed E-state index contributed by atoms with van der Waals surface area (Å²) in [4.78, 5) is 0.294. The summed E-state index contributed by atoms with van der Waals surface area (Å²) in [5.74, 6) is 0.648. The van der Waals surface area contributed by atoms with Gasteiger partial charge in [0, 0.05) is 18.8 Å². The fraction of sp³-hybridized carbons (Fsp3) is 0.222. The van der Waals surface area contributed by atoms with Crippen molar-refractivity contribution in [2.75, 3.05) is 6.26 Å². The molecule has 3 rings (SSSR count). The zero-order chi connectivity index (χ0) is 16.6. The number of rotatable bonds is 4. The molecule has 0 aliphatic rings. The number of hydrogen-bond donors (Lipinski definition) is 0. The van der Waals surface area contributed by atoms with Crippen molar-refractivity contribution in [1.82, 2.24) is 4.57 Å². The molecule has 2 aromatic carbocycles. The number of nitrogens with zero attached hydrogens (tertiary/aromatic N) is 1. The third-order valence-electron chi connectivity index (χ3n) is 3.97. The Hall–Kier alpha value is -2.27. The molecule has 4 nitrogen and oxygen atoms in total. The van der Waals surface area contributed by atoms with Crippen LogP contribution in [0.1, 0.15) is 18.7 Å². The van der Waals surface area contributed by atoms with Gasteiger partial charge < -0.3 is 9.30 Å². The van der Waals surface area contributed by atoms with Gasteiger partial charge in [-0.1, -0.05) is 18.2 Å². The molecule has 0 bridgehead atoms. The Kier molecular flexibility index (Phi) is 3.90. The van der Waals surface area contributed by atoms with Crippen molar-refractivity contribution in [3.05, 3.63) is 60.3 Å². The van der Waals surface area contributed by atoms with Gasteiger partial charge in [0.15, 0.2) is 9.84 Å². The van der Waals surface area contributed by atoms with Crippen LogP contribution >= 0.6 is 0 Å². The van der Waals surface area contributed by atoms with Crippen molar-refractivity contribution in [3.8, 4) is 5.75 Å². The molecule has 0 fully saturated rings. The fourth-order valence-corrected chi connectivity index (χ4v) is 3.36. The van der Waals surface area contributed by atoms with Gasteiger partial charge in [0.25, 0.3) is 0 Å². The summed E-state index contributed by atoms with van der Waals surface area (Å²) in [6, 6.07) is 16.8. The fourth-order valence-electron chi connectivity index (χ4n) is 2.73. The van der Waals surface area contributed by atoms with Crippen LogP contribution in [-0.2, 0) is 16.9 Å². The average Bonchev–Trinajstić information content (AvgIpc) is 2.85. The monoisotopic (exact) mass is 329 g/mol. The summed E-state index contributed by atoms with van der Waals surface area (Å²) in [5, 5.41) is 1.17. The molecule has 0 radical (unpaired) electrons. The van der Waals surface area contributed by atoms with Gasteiger partial charge in [-0.3, -0.25) is 0 Å². The lowest BCUT2D eigenvalue weighted by molar-refractivity contribution is 0.218. The zero-order valence-electron chi connectivity index (χ0n) is 13.4. The minimum Gasteiger partial charge on any atom is -0.485 e. The normalized spacial score (nSPS) is 13.2. The first kappa shape index (κ1) is 15.6. The van der Waals surface area contributed by atoms with E-state index in [0.29, 0.717) is 10.6 Å². The summed E-state index contributed by atoms with van der Waals surface area (Å²) < 4.78 is 31.1. The molecule has 1 unspecified atom stereocenters. The van der Waals surface area contributed by atoms with Gasteiger partial charge in [0.2, 0.25) is 0 Å². The third kappa shape index (κ3) is 3.10. The van der Waals surface area contributed by atoms with E-state index in [4.69, 9.17) is 4.74 Å². The van der Waals surface area contributed by atoms with Gasteiger partial charge in [0.1, 0.15) is 11.9 Å². The van der Waals surface area contributed by atoms with Crippen LogP contribution in [0.15, 0.2) is 59.5 Å². The second-order valence-electron chi connectivity index (χ2n) is 5.69. The van der Waals surface area contributed by atoms with Gasteiger partial charge in [-0.2, -0.15) is 0 Å². The lowest BCUT2D eigenvalue weighted by Crippen LogP contribution is -2.08. The molecule has 0 amide bonds. The maximum Gasteiger partial charge on any atom is 0.175 e. The van der Waals surface area contributed by atoms with Crippen molar-refractivity contribution in [2.24, 2.45) is 7.05 Å². The molecule has 23 heavy (non-hydrogen) atoms. The Morgan fingerprint density at radius 3 is 2.30 bits per heavy atom. The Morgan fingerprint density at radius 1 is 1.04 bits per heavy atom. The van der Waals surface area contributed by atoms with E-state index in [9.17, 15) is 8.42 Å². The molecule has 1 aromatic heterocycles. The van der Waals surface area contributed by atoms with Crippen LogP contribution in [0.2, 0.25) is 0 Å². The molecule has 120 valence electrons. The zero-order valence-corrected chi connectivity index (χ0v) is 14.2. The largest absolute Gasteiger partial charge is 0.485 e. The van der Waals surface area contributed by atoms with Crippen LogP contribution in [0.4, 0.5) is 0 Å². The van der Waals surface area contributed by atoms with E-state index in [-0.39, 0.29) is 6.10 Å². The van der Waals surface area contributed by atoms with E-state index >= 15 is 0 Å². The predicted molar refractivity (Wildman–Crippen MR) is 91.5 cm³/mol. The summed E-state index contributed by atoms with van der Waals surface area (Å²) >= 11 is 0. The first-order valence-electron chi connectivity index (χ1n) is 7.37. The molecular weight excluding hydrogens is 310 g/mol. The lowest BCUT2D eigenvalue weighted by atomic mass is 10.2. The van der Waals surface area contributed by atoms with Crippen LogP contribution in [0.3, 0.4) is 0 Å². The van der Waals surface area contributed by atoms with Crippen LogP contribution < -0.4 is 4.74 Å². The number of hydrogen-bond acceptors (Lipinski definition) is 3. The molecule has 3 aromatic rings. The van der Waals surface area contributed by atoms with E-state index in [2.05, 4.69) is 22.8 Å².